The summed E-state index contributed by atoms with van der Waals surface area (Å²) in [5, 5.41) is 13.0. The first-order valence-electron chi connectivity index (χ1n) is 8.16. The molecule has 0 aliphatic carbocycles. The Bertz CT molecular complexity index is 1110. The fourth-order valence-electron chi connectivity index (χ4n) is 2.83. The van der Waals surface area contributed by atoms with Gasteiger partial charge in [-0.15, -0.1) is 0 Å². The lowest BCUT2D eigenvalue weighted by molar-refractivity contribution is 0.0912. The summed E-state index contributed by atoms with van der Waals surface area (Å²) in [7, 11) is 0. The number of H-pyrrole nitrogens is 2. The lowest BCUT2D eigenvalue weighted by atomic mass is 10.1. The molecule has 1 amide bonds. The molecule has 0 aliphatic heterocycles. The van der Waals surface area contributed by atoms with Crippen LogP contribution in [0.15, 0.2) is 49.2 Å². The third-order valence-corrected chi connectivity index (χ3v) is 4.39. The molecule has 0 saturated heterocycles. The second-order valence-corrected chi connectivity index (χ2v) is 6.32. The van der Waals surface area contributed by atoms with E-state index in [1.54, 1.807) is 42.9 Å². The third kappa shape index (κ3) is 3.40. The van der Waals surface area contributed by atoms with Crippen LogP contribution in [0, 0.1) is 0 Å². The average molecular weight is 383 g/mol. The molecular weight excluding hydrogens is 368 g/mol. The number of amides is 1. The van der Waals surface area contributed by atoms with Gasteiger partial charge in [0.25, 0.3) is 5.91 Å². The fraction of sp³-hybridized carbons (Fsp3) is 0.111. The Labute approximate surface area is 158 Å². The van der Waals surface area contributed by atoms with Gasteiger partial charge in [0.15, 0.2) is 5.65 Å². The van der Waals surface area contributed by atoms with Crippen molar-refractivity contribution in [1.29, 1.82) is 0 Å². The maximum Gasteiger partial charge on any atom is 0.268 e. The number of nitrogens with one attached hydrogen (secondary N) is 3. The van der Waals surface area contributed by atoms with Crippen molar-refractivity contribution in [3.8, 4) is 11.3 Å². The standard InChI is InChI=1S/C18H15ClN6O2/c19-12-3-1-2-10(4-12)14(7-26)25-18(27)13-5-11(6-20-13)15-16-17(23-8-21-15)24-9-22-16/h1-6,8-9,14,20,26H,7H2,(H,25,27)(H,21,22,23,24)/t14-/m1/s1. The first-order chi connectivity index (χ1) is 13.2. The Balaban J connectivity index is 1.57. The maximum atomic E-state index is 12.6. The van der Waals surface area contributed by atoms with Crippen LogP contribution in [0.25, 0.3) is 22.4 Å². The van der Waals surface area contributed by atoms with Gasteiger partial charge in [0.1, 0.15) is 23.2 Å². The van der Waals surface area contributed by atoms with Crippen molar-refractivity contribution < 1.29 is 9.90 Å². The molecule has 8 nitrogen and oxygen atoms in total. The average Bonchev–Trinajstić information content (AvgIpc) is 3.35. The summed E-state index contributed by atoms with van der Waals surface area (Å²) >= 11 is 5.99. The number of aromatic amines is 2. The van der Waals surface area contributed by atoms with Gasteiger partial charge in [0.05, 0.1) is 19.0 Å². The Morgan fingerprint density at radius 3 is 2.93 bits per heavy atom. The number of hydrogen-bond acceptors (Lipinski definition) is 5. The van der Waals surface area contributed by atoms with Crippen molar-refractivity contribution >= 4 is 28.7 Å². The highest BCUT2D eigenvalue weighted by molar-refractivity contribution is 6.30. The summed E-state index contributed by atoms with van der Waals surface area (Å²) < 4.78 is 0. The van der Waals surface area contributed by atoms with E-state index in [1.807, 2.05) is 0 Å². The van der Waals surface area contributed by atoms with Crippen LogP contribution >= 0.6 is 11.6 Å². The van der Waals surface area contributed by atoms with Crippen molar-refractivity contribution in [2.45, 2.75) is 6.04 Å². The summed E-state index contributed by atoms with van der Waals surface area (Å²) in [6, 6.07) is 8.11. The van der Waals surface area contributed by atoms with Gasteiger partial charge in [-0.05, 0) is 23.8 Å². The number of aromatic nitrogens is 5. The SMILES string of the molecule is O=C(N[C@H](CO)c1cccc(Cl)c1)c1cc(-c2ncnc3[nH]cnc23)c[nH]1. The third-order valence-electron chi connectivity index (χ3n) is 4.16. The first kappa shape index (κ1) is 17.2. The number of aliphatic hydroxyl groups is 1. The van der Waals surface area contributed by atoms with Crippen molar-refractivity contribution in [2.24, 2.45) is 0 Å². The Kier molecular flexibility index (Phi) is 4.57. The minimum Gasteiger partial charge on any atom is -0.394 e. The zero-order valence-corrected chi connectivity index (χ0v) is 14.7. The van der Waals surface area contributed by atoms with Gasteiger partial charge in [-0.25, -0.2) is 15.0 Å². The van der Waals surface area contributed by atoms with Gasteiger partial charge in [-0.2, -0.15) is 0 Å². The monoisotopic (exact) mass is 382 g/mol. The Hall–Kier alpha value is -3.23. The smallest absolute Gasteiger partial charge is 0.268 e. The van der Waals surface area contributed by atoms with Gasteiger partial charge in [0, 0.05) is 16.8 Å². The van der Waals surface area contributed by atoms with Crippen molar-refractivity contribution in [2.75, 3.05) is 6.61 Å². The highest BCUT2D eigenvalue weighted by atomic mass is 35.5. The second kappa shape index (κ2) is 7.18. The van der Waals surface area contributed by atoms with Gasteiger partial charge < -0.3 is 20.4 Å². The zero-order valence-electron chi connectivity index (χ0n) is 14.0. The molecule has 4 rings (SSSR count). The van der Waals surface area contributed by atoms with Crippen LogP contribution in [0.4, 0.5) is 0 Å². The van der Waals surface area contributed by atoms with Gasteiger partial charge in [-0.3, -0.25) is 4.79 Å². The zero-order chi connectivity index (χ0) is 18.8. The van der Waals surface area contributed by atoms with E-state index in [0.717, 1.165) is 5.56 Å². The van der Waals surface area contributed by atoms with Crippen LogP contribution in [-0.4, -0.2) is 42.5 Å². The van der Waals surface area contributed by atoms with Crippen molar-refractivity contribution in [3.05, 3.63) is 65.5 Å². The molecule has 0 fully saturated rings. The van der Waals surface area contributed by atoms with Gasteiger partial charge in [0.2, 0.25) is 0 Å². The lowest BCUT2D eigenvalue weighted by Gasteiger charge is -2.16. The summed E-state index contributed by atoms with van der Waals surface area (Å²) in [4.78, 5) is 31.0. The van der Waals surface area contributed by atoms with E-state index in [0.29, 0.717) is 33.1 Å². The molecule has 136 valence electrons. The summed E-state index contributed by atoms with van der Waals surface area (Å²) in [6.07, 6.45) is 4.65. The van der Waals surface area contributed by atoms with Crippen LogP contribution in [0.2, 0.25) is 5.02 Å². The van der Waals surface area contributed by atoms with Crippen LogP contribution in [0.1, 0.15) is 22.1 Å². The molecule has 0 saturated carbocycles. The van der Waals surface area contributed by atoms with Crippen LogP contribution in [0.3, 0.4) is 0 Å². The summed E-state index contributed by atoms with van der Waals surface area (Å²) in [5.41, 5.74) is 3.63. The lowest BCUT2D eigenvalue weighted by Crippen LogP contribution is -2.31. The van der Waals surface area contributed by atoms with E-state index in [-0.39, 0.29) is 12.5 Å². The molecule has 3 aromatic heterocycles. The summed E-state index contributed by atoms with van der Waals surface area (Å²) in [6.45, 7) is -0.251. The number of carbonyl (C=O) groups is 1. The van der Waals surface area contributed by atoms with E-state index in [9.17, 15) is 9.90 Å². The molecule has 0 aliphatic rings. The molecule has 4 aromatic rings. The van der Waals surface area contributed by atoms with Crippen LogP contribution < -0.4 is 5.32 Å². The molecule has 0 unspecified atom stereocenters. The van der Waals surface area contributed by atoms with Crippen LogP contribution in [-0.2, 0) is 0 Å². The Morgan fingerprint density at radius 2 is 2.11 bits per heavy atom. The summed E-state index contributed by atoms with van der Waals surface area (Å²) in [5.74, 6) is -0.354. The van der Waals surface area contributed by atoms with E-state index in [4.69, 9.17) is 11.6 Å². The van der Waals surface area contributed by atoms with Gasteiger partial charge in [-0.1, -0.05) is 23.7 Å². The van der Waals surface area contributed by atoms with Crippen LogP contribution in [0.5, 0.6) is 0 Å². The van der Waals surface area contributed by atoms with Crippen molar-refractivity contribution in [3.63, 3.8) is 0 Å². The minimum atomic E-state index is -0.569. The number of carbonyl (C=O) groups excluding carboxylic acids is 1. The van der Waals surface area contributed by atoms with E-state index >= 15 is 0 Å². The van der Waals surface area contributed by atoms with E-state index in [2.05, 4.69) is 30.2 Å². The van der Waals surface area contributed by atoms with Gasteiger partial charge >= 0.3 is 0 Å². The Morgan fingerprint density at radius 1 is 1.22 bits per heavy atom. The quantitative estimate of drug-likeness (QED) is 0.422. The predicted molar refractivity (Wildman–Crippen MR) is 100 cm³/mol. The number of rotatable bonds is 5. The highest BCUT2D eigenvalue weighted by Crippen LogP contribution is 2.24. The first-order valence-corrected chi connectivity index (χ1v) is 8.53. The number of aliphatic hydroxyl groups excluding tert-OH is 1. The predicted octanol–water partition coefficient (Wildman–Crippen LogP) is 2.46. The number of imidazole rings is 1. The molecule has 3 heterocycles. The molecule has 4 N–H and O–H groups in total. The molecule has 1 aromatic carbocycles. The van der Waals surface area contributed by atoms with E-state index in [1.165, 1.54) is 6.33 Å². The topological polar surface area (TPSA) is 120 Å². The molecule has 27 heavy (non-hydrogen) atoms. The second-order valence-electron chi connectivity index (χ2n) is 5.89. The molecule has 0 radical (unpaired) electrons. The molecule has 0 spiro atoms. The molecule has 1 atom stereocenters. The number of hydrogen-bond donors (Lipinski definition) is 4. The number of nitrogens with zero attached hydrogens (tertiary/aromatic N) is 3. The number of fused-ring (bicyclic) bond motifs is 1. The maximum absolute atomic E-state index is 12.6. The van der Waals surface area contributed by atoms with E-state index < -0.39 is 6.04 Å². The number of benzene rings is 1. The largest absolute Gasteiger partial charge is 0.394 e. The molecular formula is C18H15ClN6O2. The highest BCUT2D eigenvalue weighted by Gasteiger charge is 2.18. The minimum absolute atomic E-state index is 0.251. The molecule has 0 bridgehead atoms. The normalized spacial score (nSPS) is 12.2. The van der Waals surface area contributed by atoms with Crippen molar-refractivity contribution in [1.82, 2.24) is 30.2 Å². The number of halogens is 1. The fourth-order valence-corrected chi connectivity index (χ4v) is 3.03. The molecule has 9 heteroatoms.